The highest BCUT2D eigenvalue weighted by Gasteiger charge is 2.07. The SMILES string of the molecule is Cc1ccc(NC(=O)CCC(=O)N/N=C/c2cccc(OCc3ccccc3)c2)cc1C. The maximum atomic E-state index is 12.1. The van der Waals surface area contributed by atoms with E-state index in [1.54, 1.807) is 6.21 Å². The van der Waals surface area contributed by atoms with Crippen LogP contribution in [0.4, 0.5) is 5.69 Å². The molecule has 0 aliphatic carbocycles. The van der Waals surface area contributed by atoms with Crippen molar-refractivity contribution < 1.29 is 14.3 Å². The molecule has 0 spiro atoms. The Bertz CT molecular complexity index is 1090. The van der Waals surface area contributed by atoms with Gasteiger partial charge in [-0.05, 0) is 60.4 Å². The van der Waals surface area contributed by atoms with E-state index < -0.39 is 0 Å². The van der Waals surface area contributed by atoms with Crippen LogP contribution in [-0.4, -0.2) is 18.0 Å². The van der Waals surface area contributed by atoms with Gasteiger partial charge in [0.2, 0.25) is 11.8 Å². The number of amides is 2. The predicted molar refractivity (Wildman–Crippen MR) is 127 cm³/mol. The standard InChI is InChI=1S/C26H27N3O3/c1-19-11-12-23(15-20(19)2)28-25(30)13-14-26(31)29-27-17-22-9-6-10-24(16-22)32-18-21-7-4-3-5-8-21/h3-12,15-17H,13-14,18H2,1-2H3,(H,28,30)(H,29,31)/b27-17+. The quantitative estimate of drug-likeness (QED) is 0.380. The highest BCUT2D eigenvalue weighted by molar-refractivity contribution is 5.93. The van der Waals surface area contributed by atoms with Gasteiger partial charge >= 0.3 is 0 Å². The first-order valence-corrected chi connectivity index (χ1v) is 10.5. The van der Waals surface area contributed by atoms with Gasteiger partial charge in [-0.1, -0.05) is 48.5 Å². The Labute approximate surface area is 188 Å². The first-order chi connectivity index (χ1) is 15.5. The second-order valence-corrected chi connectivity index (χ2v) is 7.49. The van der Waals surface area contributed by atoms with Crippen LogP contribution in [-0.2, 0) is 16.2 Å². The van der Waals surface area contributed by atoms with Gasteiger partial charge < -0.3 is 10.1 Å². The lowest BCUT2D eigenvalue weighted by molar-refractivity contribution is -0.124. The lowest BCUT2D eigenvalue weighted by Crippen LogP contribution is -2.20. The molecule has 3 rings (SSSR count). The minimum atomic E-state index is -0.326. The van der Waals surface area contributed by atoms with E-state index in [0.29, 0.717) is 12.4 Å². The van der Waals surface area contributed by atoms with Crippen molar-refractivity contribution in [1.29, 1.82) is 0 Å². The van der Waals surface area contributed by atoms with E-state index in [4.69, 9.17) is 4.74 Å². The Morgan fingerprint density at radius 2 is 1.66 bits per heavy atom. The molecular formula is C26H27N3O3. The molecule has 0 atom stereocenters. The van der Waals surface area contributed by atoms with Gasteiger partial charge in [-0.25, -0.2) is 5.43 Å². The van der Waals surface area contributed by atoms with Crippen LogP contribution in [0.2, 0.25) is 0 Å². The summed E-state index contributed by atoms with van der Waals surface area (Å²) in [5.41, 5.74) is 7.32. The van der Waals surface area contributed by atoms with Gasteiger partial charge in [0.25, 0.3) is 0 Å². The first-order valence-electron chi connectivity index (χ1n) is 10.5. The van der Waals surface area contributed by atoms with Gasteiger partial charge in [-0.2, -0.15) is 5.10 Å². The van der Waals surface area contributed by atoms with Gasteiger partial charge in [0, 0.05) is 18.5 Å². The summed E-state index contributed by atoms with van der Waals surface area (Å²) in [6.45, 7) is 4.48. The van der Waals surface area contributed by atoms with Crippen molar-refractivity contribution >= 4 is 23.7 Å². The molecule has 0 fully saturated rings. The van der Waals surface area contributed by atoms with Crippen LogP contribution in [0, 0.1) is 13.8 Å². The number of carbonyl (C=O) groups is 2. The number of anilines is 1. The summed E-state index contributed by atoms with van der Waals surface area (Å²) in [4.78, 5) is 24.1. The van der Waals surface area contributed by atoms with Crippen molar-refractivity contribution in [2.24, 2.45) is 5.10 Å². The number of hydrogen-bond donors (Lipinski definition) is 2. The fourth-order valence-corrected chi connectivity index (χ4v) is 2.93. The van der Waals surface area contributed by atoms with Crippen LogP contribution < -0.4 is 15.5 Å². The van der Waals surface area contributed by atoms with E-state index in [1.807, 2.05) is 86.6 Å². The van der Waals surface area contributed by atoms with Gasteiger partial charge in [-0.3, -0.25) is 9.59 Å². The topological polar surface area (TPSA) is 79.8 Å². The van der Waals surface area contributed by atoms with E-state index in [2.05, 4.69) is 15.8 Å². The largest absolute Gasteiger partial charge is 0.489 e. The van der Waals surface area contributed by atoms with Crippen LogP contribution in [0.1, 0.15) is 35.1 Å². The Kier molecular flexibility index (Phi) is 8.15. The highest BCUT2D eigenvalue weighted by atomic mass is 16.5. The van der Waals surface area contributed by atoms with Gasteiger partial charge in [0.05, 0.1) is 6.21 Å². The molecule has 32 heavy (non-hydrogen) atoms. The molecule has 0 saturated carbocycles. The van der Waals surface area contributed by atoms with Crippen molar-refractivity contribution in [3.63, 3.8) is 0 Å². The maximum Gasteiger partial charge on any atom is 0.240 e. The summed E-state index contributed by atoms with van der Waals surface area (Å²) in [6.07, 6.45) is 1.67. The average molecular weight is 430 g/mol. The molecule has 0 radical (unpaired) electrons. The minimum Gasteiger partial charge on any atom is -0.489 e. The van der Waals surface area contributed by atoms with Crippen LogP contribution in [0.15, 0.2) is 77.9 Å². The smallest absolute Gasteiger partial charge is 0.240 e. The number of nitrogens with zero attached hydrogens (tertiary/aromatic N) is 1. The molecule has 0 aromatic heterocycles. The molecule has 6 heteroatoms. The molecule has 164 valence electrons. The summed E-state index contributed by atoms with van der Waals surface area (Å²) >= 11 is 0. The molecule has 3 aromatic carbocycles. The van der Waals surface area contributed by atoms with Crippen LogP contribution in [0.25, 0.3) is 0 Å². The van der Waals surface area contributed by atoms with Crippen LogP contribution >= 0.6 is 0 Å². The summed E-state index contributed by atoms with van der Waals surface area (Å²) in [7, 11) is 0. The van der Waals surface area contributed by atoms with Crippen molar-refractivity contribution in [3.05, 3.63) is 95.1 Å². The normalized spacial score (nSPS) is 10.7. The van der Waals surface area contributed by atoms with Gasteiger partial charge in [-0.15, -0.1) is 0 Å². The van der Waals surface area contributed by atoms with E-state index >= 15 is 0 Å². The molecule has 0 aliphatic heterocycles. The Balaban J connectivity index is 1.41. The monoisotopic (exact) mass is 429 g/mol. The number of rotatable bonds is 9. The van der Waals surface area contributed by atoms with E-state index in [0.717, 1.165) is 27.9 Å². The van der Waals surface area contributed by atoms with Crippen molar-refractivity contribution in [3.8, 4) is 5.75 Å². The second-order valence-electron chi connectivity index (χ2n) is 7.49. The minimum absolute atomic E-state index is 0.0498. The fraction of sp³-hybridized carbons (Fsp3) is 0.192. The molecule has 0 bridgehead atoms. The Hall–Kier alpha value is -3.93. The highest BCUT2D eigenvalue weighted by Crippen LogP contribution is 2.15. The Morgan fingerprint density at radius 3 is 2.44 bits per heavy atom. The number of benzene rings is 3. The van der Waals surface area contributed by atoms with Crippen LogP contribution in [0.5, 0.6) is 5.75 Å². The lowest BCUT2D eigenvalue weighted by atomic mass is 10.1. The zero-order chi connectivity index (χ0) is 22.8. The van der Waals surface area contributed by atoms with Crippen LogP contribution in [0.3, 0.4) is 0 Å². The third-order valence-electron chi connectivity index (χ3n) is 4.88. The summed E-state index contributed by atoms with van der Waals surface area (Å²) in [5, 5.41) is 6.78. The molecule has 2 amide bonds. The summed E-state index contributed by atoms with van der Waals surface area (Å²) < 4.78 is 5.79. The third-order valence-corrected chi connectivity index (χ3v) is 4.88. The number of carbonyl (C=O) groups excluding carboxylic acids is 2. The number of hydrogen-bond acceptors (Lipinski definition) is 4. The zero-order valence-electron chi connectivity index (χ0n) is 18.3. The fourth-order valence-electron chi connectivity index (χ4n) is 2.93. The number of aryl methyl sites for hydroxylation is 2. The number of hydrazone groups is 1. The zero-order valence-corrected chi connectivity index (χ0v) is 18.3. The van der Waals surface area contributed by atoms with E-state index in [1.165, 1.54) is 0 Å². The molecule has 0 unspecified atom stereocenters. The first kappa shape index (κ1) is 22.7. The average Bonchev–Trinajstić information content (AvgIpc) is 2.80. The molecular weight excluding hydrogens is 402 g/mol. The molecule has 0 heterocycles. The van der Waals surface area contributed by atoms with E-state index in [9.17, 15) is 9.59 Å². The maximum absolute atomic E-state index is 12.1. The molecule has 2 N–H and O–H groups in total. The second kappa shape index (κ2) is 11.5. The summed E-state index contributed by atoms with van der Waals surface area (Å²) in [5.74, 6) is 0.177. The van der Waals surface area contributed by atoms with Crippen molar-refractivity contribution in [1.82, 2.24) is 5.43 Å². The lowest BCUT2D eigenvalue weighted by Gasteiger charge is -2.07. The predicted octanol–water partition coefficient (Wildman–Crippen LogP) is 4.75. The van der Waals surface area contributed by atoms with Crippen molar-refractivity contribution in [2.45, 2.75) is 33.3 Å². The van der Waals surface area contributed by atoms with Gasteiger partial charge in [0.15, 0.2) is 0 Å². The molecule has 3 aromatic rings. The van der Waals surface area contributed by atoms with Crippen molar-refractivity contribution in [2.75, 3.05) is 5.32 Å². The van der Waals surface area contributed by atoms with Gasteiger partial charge in [0.1, 0.15) is 12.4 Å². The molecule has 0 aliphatic rings. The Morgan fingerprint density at radius 1 is 0.875 bits per heavy atom. The third kappa shape index (κ3) is 7.40. The number of nitrogens with one attached hydrogen (secondary N) is 2. The molecule has 6 nitrogen and oxygen atoms in total. The number of ether oxygens (including phenoxy) is 1. The summed E-state index contributed by atoms with van der Waals surface area (Å²) in [6, 6.07) is 23.1. The molecule has 0 saturated heterocycles. The van der Waals surface area contributed by atoms with E-state index in [-0.39, 0.29) is 24.7 Å².